The van der Waals surface area contributed by atoms with E-state index in [0.717, 1.165) is 22.7 Å². The van der Waals surface area contributed by atoms with Gasteiger partial charge < -0.3 is 20.1 Å². The normalized spacial score (nSPS) is 10.5. The Morgan fingerprint density at radius 2 is 1.79 bits per heavy atom. The summed E-state index contributed by atoms with van der Waals surface area (Å²) >= 11 is 0. The number of ether oxygens (including phenoxy) is 2. The molecule has 0 unspecified atom stereocenters. The third-order valence-corrected chi connectivity index (χ3v) is 4.13. The standard InChI is InChI=1S/C23H25N3O3/c1-15(2)29-22-8-6-5-7-18(22)26-23(27)19-11-10-17(14-24-19)25-20-13-16(3)9-12-21(20)28-4/h5-15,25H,1-4H3,(H,26,27). The lowest BCUT2D eigenvalue weighted by molar-refractivity contribution is 0.102. The van der Waals surface area contributed by atoms with E-state index in [9.17, 15) is 4.79 Å². The molecule has 2 aromatic carbocycles. The van der Waals surface area contributed by atoms with E-state index < -0.39 is 0 Å². The van der Waals surface area contributed by atoms with Crippen LogP contribution in [0.25, 0.3) is 0 Å². The number of anilines is 3. The summed E-state index contributed by atoms with van der Waals surface area (Å²) in [6.45, 7) is 5.89. The second-order valence-electron chi connectivity index (χ2n) is 6.88. The van der Waals surface area contributed by atoms with Crippen LogP contribution in [-0.4, -0.2) is 24.1 Å². The highest BCUT2D eigenvalue weighted by atomic mass is 16.5. The molecule has 0 aliphatic heterocycles. The molecule has 1 aromatic heterocycles. The summed E-state index contributed by atoms with van der Waals surface area (Å²) in [7, 11) is 1.63. The van der Waals surface area contributed by atoms with Crippen molar-refractivity contribution in [1.29, 1.82) is 0 Å². The van der Waals surface area contributed by atoms with Gasteiger partial charge in [-0.3, -0.25) is 4.79 Å². The zero-order chi connectivity index (χ0) is 20.8. The number of nitrogens with zero attached hydrogens (tertiary/aromatic N) is 1. The van der Waals surface area contributed by atoms with E-state index in [1.807, 2.05) is 57.2 Å². The van der Waals surface area contributed by atoms with E-state index in [1.165, 1.54) is 0 Å². The predicted molar refractivity (Wildman–Crippen MR) is 115 cm³/mol. The Bertz CT molecular complexity index is 985. The Hall–Kier alpha value is -3.54. The molecule has 150 valence electrons. The SMILES string of the molecule is COc1ccc(C)cc1Nc1ccc(C(=O)Nc2ccccc2OC(C)C)nc1. The fourth-order valence-corrected chi connectivity index (χ4v) is 2.79. The molecule has 2 N–H and O–H groups in total. The number of para-hydroxylation sites is 2. The third kappa shape index (κ3) is 5.25. The molecule has 1 amide bonds. The summed E-state index contributed by atoms with van der Waals surface area (Å²) in [6.07, 6.45) is 1.63. The number of aryl methyl sites for hydroxylation is 1. The van der Waals surface area contributed by atoms with Crippen LogP contribution < -0.4 is 20.1 Å². The minimum absolute atomic E-state index is 0.00940. The smallest absolute Gasteiger partial charge is 0.274 e. The number of hydrogen-bond acceptors (Lipinski definition) is 5. The van der Waals surface area contributed by atoms with Crippen molar-refractivity contribution >= 4 is 23.0 Å². The Morgan fingerprint density at radius 3 is 2.48 bits per heavy atom. The van der Waals surface area contributed by atoms with Crippen molar-refractivity contribution in [1.82, 2.24) is 4.98 Å². The summed E-state index contributed by atoms with van der Waals surface area (Å²) in [5, 5.41) is 6.13. The number of rotatable bonds is 7. The fourth-order valence-electron chi connectivity index (χ4n) is 2.79. The Labute approximate surface area is 170 Å². The van der Waals surface area contributed by atoms with Crippen LogP contribution in [-0.2, 0) is 0 Å². The molecule has 1 heterocycles. The van der Waals surface area contributed by atoms with Crippen LogP contribution in [0, 0.1) is 6.92 Å². The van der Waals surface area contributed by atoms with Crippen LogP contribution in [0.4, 0.5) is 17.1 Å². The van der Waals surface area contributed by atoms with Crippen molar-refractivity contribution in [2.45, 2.75) is 26.9 Å². The Morgan fingerprint density at radius 1 is 1.00 bits per heavy atom. The zero-order valence-electron chi connectivity index (χ0n) is 17.0. The van der Waals surface area contributed by atoms with E-state index >= 15 is 0 Å². The molecule has 3 rings (SSSR count). The maximum atomic E-state index is 12.6. The maximum Gasteiger partial charge on any atom is 0.274 e. The second kappa shape index (κ2) is 9.10. The van der Waals surface area contributed by atoms with E-state index in [1.54, 1.807) is 31.5 Å². The van der Waals surface area contributed by atoms with E-state index in [0.29, 0.717) is 17.1 Å². The highest BCUT2D eigenvalue weighted by Gasteiger charge is 2.12. The van der Waals surface area contributed by atoms with Crippen molar-refractivity contribution < 1.29 is 14.3 Å². The number of carbonyl (C=O) groups is 1. The quantitative estimate of drug-likeness (QED) is 0.580. The van der Waals surface area contributed by atoms with Crippen molar-refractivity contribution in [2.75, 3.05) is 17.7 Å². The van der Waals surface area contributed by atoms with Gasteiger partial charge in [-0.05, 0) is 62.7 Å². The molecule has 0 aliphatic carbocycles. The van der Waals surface area contributed by atoms with Gasteiger partial charge in [0, 0.05) is 0 Å². The van der Waals surface area contributed by atoms with Gasteiger partial charge in [0.15, 0.2) is 0 Å². The molecular formula is C23H25N3O3. The highest BCUT2D eigenvalue weighted by molar-refractivity contribution is 6.03. The van der Waals surface area contributed by atoms with Gasteiger partial charge in [-0.15, -0.1) is 0 Å². The van der Waals surface area contributed by atoms with Crippen molar-refractivity contribution in [3.05, 3.63) is 72.1 Å². The summed E-state index contributed by atoms with van der Waals surface area (Å²) in [4.78, 5) is 16.9. The molecule has 29 heavy (non-hydrogen) atoms. The molecule has 0 saturated heterocycles. The van der Waals surface area contributed by atoms with Crippen LogP contribution in [0.3, 0.4) is 0 Å². The molecular weight excluding hydrogens is 366 g/mol. The summed E-state index contributed by atoms with van der Waals surface area (Å²) in [6, 6.07) is 16.7. The molecule has 0 aliphatic rings. The van der Waals surface area contributed by atoms with Crippen LogP contribution in [0.1, 0.15) is 29.9 Å². The number of carbonyl (C=O) groups excluding carboxylic acids is 1. The Kier molecular flexibility index (Phi) is 6.34. The molecule has 6 nitrogen and oxygen atoms in total. The van der Waals surface area contributed by atoms with Crippen LogP contribution in [0.15, 0.2) is 60.8 Å². The molecule has 0 fully saturated rings. The lowest BCUT2D eigenvalue weighted by atomic mass is 10.2. The third-order valence-electron chi connectivity index (χ3n) is 4.13. The molecule has 3 aromatic rings. The number of methoxy groups -OCH3 is 1. The first-order valence-electron chi connectivity index (χ1n) is 9.41. The van der Waals surface area contributed by atoms with Crippen LogP contribution >= 0.6 is 0 Å². The van der Waals surface area contributed by atoms with Crippen molar-refractivity contribution in [2.24, 2.45) is 0 Å². The predicted octanol–water partition coefficient (Wildman–Crippen LogP) is 5.18. The summed E-state index contributed by atoms with van der Waals surface area (Å²) in [5.74, 6) is 1.06. The molecule has 0 bridgehead atoms. The molecule has 6 heteroatoms. The fraction of sp³-hybridized carbons (Fsp3) is 0.217. The van der Waals surface area contributed by atoms with Crippen molar-refractivity contribution in [3.63, 3.8) is 0 Å². The number of nitrogens with one attached hydrogen (secondary N) is 2. The Balaban J connectivity index is 1.72. The average molecular weight is 391 g/mol. The monoisotopic (exact) mass is 391 g/mol. The first-order chi connectivity index (χ1) is 14.0. The summed E-state index contributed by atoms with van der Waals surface area (Å²) < 4.78 is 11.1. The second-order valence-corrected chi connectivity index (χ2v) is 6.88. The molecule has 0 spiro atoms. The largest absolute Gasteiger partial charge is 0.495 e. The van der Waals surface area contributed by atoms with Crippen LogP contribution in [0.2, 0.25) is 0 Å². The molecule has 0 saturated carbocycles. The van der Waals surface area contributed by atoms with Gasteiger partial charge in [0.25, 0.3) is 5.91 Å². The van der Waals surface area contributed by atoms with Gasteiger partial charge >= 0.3 is 0 Å². The number of aromatic nitrogens is 1. The maximum absolute atomic E-state index is 12.6. The topological polar surface area (TPSA) is 72.5 Å². The number of hydrogen-bond donors (Lipinski definition) is 2. The minimum Gasteiger partial charge on any atom is -0.495 e. The highest BCUT2D eigenvalue weighted by Crippen LogP contribution is 2.29. The van der Waals surface area contributed by atoms with Crippen LogP contribution in [0.5, 0.6) is 11.5 Å². The van der Waals surface area contributed by atoms with E-state index in [-0.39, 0.29) is 12.0 Å². The zero-order valence-corrected chi connectivity index (χ0v) is 17.0. The lowest BCUT2D eigenvalue weighted by Gasteiger charge is -2.15. The number of pyridine rings is 1. The average Bonchev–Trinajstić information content (AvgIpc) is 2.70. The van der Waals surface area contributed by atoms with E-state index in [4.69, 9.17) is 9.47 Å². The van der Waals surface area contributed by atoms with Gasteiger partial charge in [0.2, 0.25) is 0 Å². The van der Waals surface area contributed by atoms with Gasteiger partial charge in [-0.2, -0.15) is 0 Å². The first-order valence-corrected chi connectivity index (χ1v) is 9.41. The number of amides is 1. The molecule has 0 atom stereocenters. The van der Waals surface area contributed by atoms with Gasteiger partial charge in [0.05, 0.1) is 36.5 Å². The number of benzene rings is 2. The molecule has 0 radical (unpaired) electrons. The van der Waals surface area contributed by atoms with Gasteiger partial charge in [0.1, 0.15) is 17.2 Å². The van der Waals surface area contributed by atoms with Gasteiger partial charge in [-0.25, -0.2) is 4.98 Å². The summed E-state index contributed by atoms with van der Waals surface area (Å²) in [5.41, 5.74) is 3.63. The first kappa shape index (κ1) is 20.2. The van der Waals surface area contributed by atoms with E-state index in [2.05, 4.69) is 15.6 Å². The van der Waals surface area contributed by atoms with Gasteiger partial charge in [-0.1, -0.05) is 18.2 Å². The minimum atomic E-state index is -0.301. The van der Waals surface area contributed by atoms with Crippen molar-refractivity contribution in [3.8, 4) is 11.5 Å². The lowest BCUT2D eigenvalue weighted by Crippen LogP contribution is -2.15.